The maximum absolute atomic E-state index is 12.2. The van der Waals surface area contributed by atoms with Crippen molar-refractivity contribution in [3.05, 3.63) is 0 Å². The van der Waals surface area contributed by atoms with Crippen LogP contribution < -0.4 is 32.3 Å². The van der Waals surface area contributed by atoms with Crippen LogP contribution in [0.2, 0.25) is 0 Å². The zero-order valence-electron chi connectivity index (χ0n) is 15.3. The van der Waals surface area contributed by atoms with Crippen LogP contribution in [0.1, 0.15) is 26.7 Å². The predicted molar refractivity (Wildman–Crippen MR) is 93.8 cm³/mol. The zero-order chi connectivity index (χ0) is 19.4. The van der Waals surface area contributed by atoms with Crippen molar-refractivity contribution in [2.75, 3.05) is 27.2 Å². The van der Waals surface area contributed by atoms with Gasteiger partial charge in [0.1, 0.15) is 6.04 Å². The van der Waals surface area contributed by atoms with E-state index >= 15 is 0 Å². The minimum absolute atomic E-state index is 0.200. The van der Waals surface area contributed by atoms with Crippen LogP contribution in [0.15, 0.2) is 0 Å². The highest BCUT2D eigenvalue weighted by molar-refractivity contribution is 5.92. The number of hydrogen-bond donors (Lipinski definition) is 6. The van der Waals surface area contributed by atoms with Gasteiger partial charge >= 0.3 is 6.03 Å². The molecule has 0 heterocycles. The molecule has 0 fully saturated rings. The number of nitrogens with one attached hydrogen (secondary N) is 5. The molecule has 0 aliphatic carbocycles. The number of primary amides is 1. The predicted octanol–water partition coefficient (Wildman–Crippen LogP) is -2.18. The topological polar surface area (TPSA) is 154 Å². The smallest absolute Gasteiger partial charge is 0.312 e. The molecule has 0 bridgehead atoms. The van der Waals surface area contributed by atoms with Gasteiger partial charge in [-0.15, -0.1) is 0 Å². The Hall–Kier alpha value is -2.20. The van der Waals surface area contributed by atoms with Crippen LogP contribution in [0.4, 0.5) is 4.79 Å². The van der Waals surface area contributed by atoms with Crippen molar-refractivity contribution < 1.29 is 19.2 Å². The van der Waals surface area contributed by atoms with Crippen LogP contribution in [0, 0.1) is 0 Å². The molecule has 0 rings (SSSR count). The summed E-state index contributed by atoms with van der Waals surface area (Å²) >= 11 is 0. The second-order valence-corrected chi connectivity index (χ2v) is 5.73. The lowest BCUT2D eigenvalue weighted by Crippen LogP contribution is -2.55. The van der Waals surface area contributed by atoms with E-state index in [9.17, 15) is 19.2 Å². The molecule has 0 radical (unpaired) electrons. The van der Waals surface area contributed by atoms with E-state index in [1.807, 2.05) is 0 Å². The van der Waals surface area contributed by atoms with Crippen molar-refractivity contribution >= 4 is 23.6 Å². The van der Waals surface area contributed by atoms with Crippen molar-refractivity contribution in [2.24, 2.45) is 5.73 Å². The summed E-state index contributed by atoms with van der Waals surface area (Å²) in [5.41, 5.74) is 4.96. The number of hydrogen-bond acceptors (Lipinski definition) is 6. The number of carbonyl (C=O) groups excluding carboxylic acids is 4. The standard InChI is InChI=1S/C15H30N6O4/c1-9(20-14(24)12(18-4)8-17-3)13(23)21-11(10(2)22)6-5-7-19-15(16)25/h9,11-12,17-18H,5-8H2,1-4H3,(H,20,24)(H,21,23)(H3,16,19,25)/t9-,11-,12-/m0/s1. The second kappa shape index (κ2) is 12.2. The molecule has 0 aliphatic rings. The molecular weight excluding hydrogens is 328 g/mol. The molecule has 25 heavy (non-hydrogen) atoms. The first-order chi connectivity index (χ1) is 11.7. The van der Waals surface area contributed by atoms with Crippen LogP contribution in [0.5, 0.6) is 0 Å². The molecule has 0 saturated heterocycles. The van der Waals surface area contributed by atoms with Gasteiger partial charge in [0.25, 0.3) is 0 Å². The molecule has 4 amide bonds. The average Bonchev–Trinajstić information content (AvgIpc) is 2.54. The minimum Gasteiger partial charge on any atom is -0.352 e. The van der Waals surface area contributed by atoms with Crippen LogP contribution >= 0.6 is 0 Å². The number of likely N-dealkylation sites (N-methyl/N-ethyl adjacent to an activating group) is 2. The fraction of sp³-hybridized carbons (Fsp3) is 0.733. The molecule has 144 valence electrons. The van der Waals surface area contributed by atoms with Crippen LogP contribution in [-0.2, 0) is 14.4 Å². The highest BCUT2D eigenvalue weighted by Crippen LogP contribution is 1.99. The molecule has 0 aromatic carbocycles. The Kier molecular flexibility index (Phi) is 11.1. The highest BCUT2D eigenvalue weighted by atomic mass is 16.2. The summed E-state index contributed by atoms with van der Waals surface area (Å²) in [5, 5.41) is 13.4. The summed E-state index contributed by atoms with van der Waals surface area (Å²) in [7, 11) is 3.37. The maximum atomic E-state index is 12.2. The summed E-state index contributed by atoms with van der Waals surface area (Å²) in [6.07, 6.45) is 0.846. The van der Waals surface area contributed by atoms with Crippen molar-refractivity contribution in [1.82, 2.24) is 26.6 Å². The number of Topliss-reactive ketones (excluding diaryl/α,β-unsaturated/α-hetero) is 1. The van der Waals surface area contributed by atoms with E-state index in [-0.39, 0.29) is 11.7 Å². The van der Waals surface area contributed by atoms with E-state index < -0.39 is 30.1 Å². The minimum atomic E-state index is -0.786. The molecule has 3 atom stereocenters. The van der Waals surface area contributed by atoms with Crippen molar-refractivity contribution in [2.45, 2.75) is 44.8 Å². The van der Waals surface area contributed by atoms with Gasteiger partial charge in [-0.05, 0) is 40.8 Å². The lowest BCUT2D eigenvalue weighted by Gasteiger charge is -2.22. The van der Waals surface area contributed by atoms with E-state index in [1.54, 1.807) is 21.0 Å². The molecule has 0 aliphatic heterocycles. The van der Waals surface area contributed by atoms with Gasteiger partial charge in [-0.25, -0.2) is 4.79 Å². The third-order valence-corrected chi connectivity index (χ3v) is 3.60. The van der Waals surface area contributed by atoms with Gasteiger partial charge in [-0.3, -0.25) is 14.4 Å². The Balaban J connectivity index is 4.50. The largest absolute Gasteiger partial charge is 0.352 e. The van der Waals surface area contributed by atoms with Crippen LogP contribution in [0.25, 0.3) is 0 Å². The molecule has 0 aromatic rings. The van der Waals surface area contributed by atoms with E-state index in [4.69, 9.17) is 5.73 Å². The summed E-state index contributed by atoms with van der Waals surface area (Å²) in [4.78, 5) is 46.5. The molecule has 0 aromatic heterocycles. The molecule has 0 saturated carbocycles. The van der Waals surface area contributed by atoms with Gasteiger partial charge in [0.15, 0.2) is 5.78 Å². The fourth-order valence-electron chi connectivity index (χ4n) is 2.10. The third kappa shape index (κ3) is 9.62. The van der Waals surface area contributed by atoms with Gasteiger partial charge in [0.05, 0.1) is 12.1 Å². The number of nitrogens with two attached hydrogens (primary N) is 1. The number of ketones is 1. The molecular formula is C15H30N6O4. The van der Waals surface area contributed by atoms with E-state index in [1.165, 1.54) is 6.92 Å². The third-order valence-electron chi connectivity index (χ3n) is 3.60. The second-order valence-electron chi connectivity index (χ2n) is 5.73. The first kappa shape index (κ1) is 22.8. The molecule has 10 nitrogen and oxygen atoms in total. The summed E-state index contributed by atoms with van der Waals surface area (Å²) in [6.45, 7) is 3.65. The first-order valence-electron chi connectivity index (χ1n) is 8.19. The van der Waals surface area contributed by atoms with E-state index in [2.05, 4.69) is 26.6 Å². The van der Waals surface area contributed by atoms with E-state index in [0.29, 0.717) is 25.9 Å². The van der Waals surface area contributed by atoms with E-state index in [0.717, 1.165) is 0 Å². The van der Waals surface area contributed by atoms with Crippen molar-refractivity contribution in [1.29, 1.82) is 0 Å². The Morgan fingerprint density at radius 1 is 1.00 bits per heavy atom. The van der Waals surface area contributed by atoms with Crippen LogP contribution in [-0.4, -0.2) is 68.9 Å². The highest BCUT2D eigenvalue weighted by Gasteiger charge is 2.24. The van der Waals surface area contributed by atoms with Gasteiger partial charge in [-0.1, -0.05) is 0 Å². The fourth-order valence-corrected chi connectivity index (χ4v) is 2.10. The van der Waals surface area contributed by atoms with Gasteiger partial charge in [0.2, 0.25) is 11.8 Å². The number of urea groups is 1. The van der Waals surface area contributed by atoms with Crippen molar-refractivity contribution in [3.63, 3.8) is 0 Å². The van der Waals surface area contributed by atoms with Gasteiger partial charge < -0.3 is 32.3 Å². The number of rotatable bonds is 12. The summed E-state index contributed by atoms with van der Waals surface area (Å²) in [5.74, 6) is -0.963. The maximum Gasteiger partial charge on any atom is 0.312 e. The number of amides is 4. The van der Waals surface area contributed by atoms with Gasteiger partial charge in [0, 0.05) is 13.1 Å². The normalized spacial score (nSPS) is 14.1. The molecule has 0 unspecified atom stereocenters. The molecule has 0 spiro atoms. The Labute approximate surface area is 148 Å². The average molecular weight is 358 g/mol. The molecule has 10 heteroatoms. The monoisotopic (exact) mass is 358 g/mol. The van der Waals surface area contributed by atoms with Gasteiger partial charge in [-0.2, -0.15) is 0 Å². The SMILES string of the molecule is CNC[C@H](NC)C(=O)N[C@@H](C)C(=O)N[C@@H](CCCNC(N)=O)C(C)=O. The first-order valence-corrected chi connectivity index (χ1v) is 8.19. The Bertz CT molecular complexity index is 471. The van der Waals surface area contributed by atoms with Crippen LogP contribution in [0.3, 0.4) is 0 Å². The lowest BCUT2D eigenvalue weighted by atomic mass is 10.1. The lowest BCUT2D eigenvalue weighted by molar-refractivity contribution is -0.131. The number of carbonyl (C=O) groups is 4. The Morgan fingerprint density at radius 2 is 1.64 bits per heavy atom. The zero-order valence-corrected chi connectivity index (χ0v) is 15.3. The summed E-state index contributed by atoms with van der Waals surface area (Å²) in [6, 6.07) is -2.58. The summed E-state index contributed by atoms with van der Waals surface area (Å²) < 4.78 is 0. The quantitative estimate of drug-likeness (QED) is 0.218. The Morgan fingerprint density at radius 3 is 2.12 bits per heavy atom. The molecule has 7 N–H and O–H groups in total. The van der Waals surface area contributed by atoms with Crippen molar-refractivity contribution in [3.8, 4) is 0 Å².